The van der Waals surface area contributed by atoms with E-state index in [1.165, 1.54) is 135 Å². The first-order valence-electron chi connectivity index (χ1n) is 23.4. The van der Waals surface area contributed by atoms with Crippen LogP contribution in [0.5, 0.6) is 0 Å². The number of allylic oxidation sites excluding steroid dienone is 2. The average Bonchev–Trinajstić information content (AvgIpc) is 3.15. The summed E-state index contributed by atoms with van der Waals surface area (Å²) in [6.07, 6.45) is 41.1. The second kappa shape index (κ2) is 39.2. The molecule has 332 valence electrons. The van der Waals surface area contributed by atoms with E-state index >= 15 is 0 Å². The summed E-state index contributed by atoms with van der Waals surface area (Å²) in [4.78, 5) is 35.4. The zero-order valence-electron chi connectivity index (χ0n) is 37.4. The molecular weight excluding hydrogens is 725 g/mol. The van der Waals surface area contributed by atoms with Crippen molar-refractivity contribution in [2.24, 2.45) is 0 Å². The van der Waals surface area contributed by atoms with Crippen molar-refractivity contribution in [3.8, 4) is 0 Å². The fourth-order valence-electron chi connectivity index (χ4n) is 6.60. The summed E-state index contributed by atoms with van der Waals surface area (Å²) < 4.78 is 34.4. The molecule has 56 heavy (non-hydrogen) atoms. The van der Waals surface area contributed by atoms with Gasteiger partial charge in [-0.2, -0.15) is 0 Å². The summed E-state index contributed by atoms with van der Waals surface area (Å²) in [5.41, 5.74) is 0. The molecule has 10 heteroatoms. The van der Waals surface area contributed by atoms with E-state index in [9.17, 15) is 19.0 Å². The van der Waals surface area contributed by atoms with E-state index < -0.39 is 26.5 Å². The van der Waals surface area contributed by atoms with Crippen LogP contribution in [0.15, 0.2) is 12.2 Å². The number of quaternary nitrogens is 1. The summed E-state index contributed by atoms with van der Waals surface area (Å²) in [6.45, 7) is 4.44. The minimum absolute atomic E-state index is 0.0337. The Morgan fingerprint density at radius 2 is 0.911 bits per heavy atom. The number of carbonyl (C=O) groups is 2. The molecule has 0 spiro atoms. The number of phosphoric ester groups is 1. The number of phosphoric acid groups is 1. The predicted octanol–water partition coefficient (Wildman–Crippen LogP) is 13.4. The molecule has 0 aromatic rings. The smallest absolute Gasteiger partial charge is 0.462 e. The monoisotopic (exact) mass is 817 g/mol. The molecule has 0 aromatic carbocycles. The predicted molar refractivity (Wildman–Crippen MR) is 234 cm³/mol. The van der Waals surface area contributed by atoms with Gasteiger partial charge in [-0.25, -0.2) is 4.57 Å². The van der Waals surface area contributed by atoms with Gasteiger partial charge < -0.3 is 18.9 Å². The van der Waals surface area contributed by atoms with Gasteiger partial charge >= 0.3 is 19.8 Å². The Morgan fingerprint density at radius 1 is 0.536 bits per heavy atom. The Hall–Kier alpha value is -1.25. The standard InChI is InChI=1S/C46H90NO8P/c1-6-8-10-12-14-16-18-20-22-23-25-27-29-31-33-35-37-39-46(49)55-44(43-54-56(50,51)53-41-40-47(3,4)5)42-52-45(48)38-36-34-32-30-28-26-24-21-19-17-15-13-11-9-7-2/h21,24,44H,6-20,22-23,25-43H2,1-5H3/p+1/b24-21+/t44-/m1/s1. The molecule has 0 amide bonds. The number of unbranched alkanes of at least 4 members (excludes halogenated alkanes) is 27. The molecule has 1 unspecified atom stereocenters. The largest absolute Gasteiger partial charge is 0.472 e. The highest BCUT2D eigenvalue weighted by Gasteiger charge is 2.27. The number of likely N-dealkylation sites (N-methyl/N-ethyl adjacent to an activating group) is 1. The van der Waals surface area contributed by atoms with Crippen molar-refractivity contribution in [1.29, 1.82) is 0 Å². The van der Waals surface area contributed by atoms with Gasteiger partial charge in [-0.1, -0.05) is 180 Å². The van der Waals surface area contributed by atoms with E-state index in [0.717, 1.165) is 51.4 Å². The van der Waals surface area contributed by atoms with Gasteiger partial charge in [-0.05, 0) is 38.5 Å². The average molecular weight is 817 g/mol. The van der Waals surface area contributed by atoms with E-state index in [1.807, 2.05) is 21.1 Å². The maximum Gasteiger partial charge on any atom is 0.472 e. The molecule has 1 N–H and O–H groups in total. The van der Waals surface area contributed by atoms with Gasteiger partial charge in [-0.3, -0.25) is 18.6 Å². The third-order valence-electron chi connectivity index (χ3n) is 10.3. The summed E-state index contributed by atoms with van der Waals surface area (Å²) in [6, 6.07) is 0. The van der Waals surface area contributed by atoms with Crippen LogP contribution in [0.2, 0.25) is 0 Å². The molecule has 0 rings (SSSR count). The number of hydrogen-bond acceptors (Lipinski definition) is 7. The molecule has 0 fully saturated rings. The van der Waals surface area contributed by atoms with Crippen LogP contribution in [0, 0.1) is 0 Å². The van der Waals surface area contributed by atoms with Crippen molar-refractivity contribution in [2.45, 2.75) is 225 Å². The van der Waals surface area contributed by atoms with Crippen LogP contribution < -0.4 is 0 Å². The van der Waals surface area contributed by atoms with Crippen LogP contribution >= 0.6 is 7.82 Å². The van der Waals surface area contributed by atoms with Crippen molar-refractivity contribution in [2.75, 3.05) is 47.5 Å². The number of hydrogen-bond donors (Lipinski definition) is 1. The van der Waals surface area contributed by atoms with Crippen molar-refractivity contribution >= 4 is 19.8 Å². The van der Waals surface area contributed by atoms with Crippen LogP contribution in [0.3, 0.4) is 0 Å². The minimum atomic E-state index is -4.37. The maximum absolute atomic E-state index is 12.7. The van der Waals surface area contributed by atoms with Gasteiger partial charge in [0.25, 0.3) is 0 Å². The van der Waals surface area contributed by atoms with Gasteiger partial charge in [-0.15, -0.1) is 0 Å². The first-order chi connectivity index (χ1) is 27.0. The van der Waals surface area contributed by atoms with E-state index in [4.69, 9.17) is 18.5 Å². The molecule has 0 heterocycles. The summed E-state index contributed by atoms with van der Waals surface area (Å²) in [5.74, 6) is -0.796. The fourth-order valence-corrected chi connectivity index (χ4v) is 7.34. The molecule has 2 atom stereocenters. The van der Waals surface area contributed by atoms with Crippen molar-refractivity contribution in [3.63, 3.8) is 0 Å². The Morgan fingerprint density at radius 3 is 1.32 bits per heavy atom. The van der Waals surface area contributed by atoms with E-state index in [1.54, 1.807) is 0 Å². The van der Waals surface area contributed by atoms with Gasteiger partial charge in [0.1, 0.15) is 19.8 Å². The van der Waals surface area contributed by atoms with E-state index in [-0.39, 0.29) is 32.0 Å². The molecular formula is C46H91NO8P+. The van der Waals surface area contributed by atoms with Crippen molar-refractivity contribution in [3.05, 3.63) is 12.2 Å². The SMILES string of the molecule is CCCCCCCC/C=C/CCCCCCCC(=O)OC[C@H](COP(=O)(O)OCC[N+](C)(C)C)OC(=O)CCCCCCCCCCCCCCCCCCC. The van der Waals surface area contributed by atoms with E-state index in [2.05, 4.69) is 26.0 Å². The number of nitrogens with zero attached hydrogens (tertiary/aromatic N) is 1. The van der Waals surface area contributed by atoms with Crippen LogP contribution in [0.25, 0.3) is 0 Å². The first kappa shape index (κ1) is 54.8. The maximum atomic E-state index is 12.7. The minimum Gasteiger partial charge on any atom is -0.462 e. The molecule has 0 aliphatic rings. The Balaban J connectivity index is 4.30. The molecule has 0 radical (unpaired) electrons. The highest BCUT2D eigenvalue weighted by atomic mass is 31.2. The van der Waals surface area contributed by atoms with Crippen LogP contribution in [0.1, 0.15) is 219 Å². The zero-order valence-corrected chi connectivity index (χ0v) is 38.3. The number of rotatable bonds is 43. The Labute approximate surface area is 346 Å². The van der Waals surface area contributed by atoms with Gasteiger partial charge in [0.15, 0.2) is 6.10 Å². The third kappa shape index (κ3) is 42.4. The lowest BCUT2D eigenvalue weighted by Crippen LogP contribution is -2.37. The number of carbonyl (C=O) groups excluding carboxylic acids is 2. The van der Waals surface area contributed by atoms with Crippen molar-refractivity contribution < 1.29 is 42.1 Å². The summed E-state index contributed by atoms with van der Waals surface area (Å²) >= 11 is 0. The van der Waals surface area contributed by atoms with Gasteiger partial charge in [0, 0.05) is 12.8 Å². The fraction of sp³-hybridized carbons (Fsp3) is 0.913. The molecule has 9 nitrogen and oxygen atoms in total. The molecule has 0 aromatic heterocycles. The van der Waals surface area contributed by atoms with Crippen LogP contribution in [0.4, 0.5) is 0 Å². The third-order valence-corrected chi connectivity index (χ3v) is 11.3. The molecule has 0 bridgehead atoms. The van der Waals surface area contributed by atoms with Gasteiger partial charge in [0.2, 0.25) is 0 Å². The number of ether oxygens (including phenoxy) is 2. The summed E-state index contributed by atoms with van der Waals surface area (Å²) in [5, 5.41) is 0. The van der Waals surface area contributed by atoms with Crippen LogP contribution in [-0.2, 0) is 32.7 Å². The van der Waals surface area contributed by atoms with Crippen LogP contribution in [-0.4, -0.2) is 74.9 Å². The molecule has 0 saturated carbocycles. The lowest BCUT2D eigenvalue weighted by molar-refractivity contribution is -0.870. The Kier molecular flexibility index (Phi) is 38.3. The number of esters is 2. The van der Waals surface area contributed by atoms with E-state index in [0.29, 0.717) is 17.4 Å². The normalized spacial score (nSPS) is 13.6. The van der Waals surface area contributed by atoms with Crippen molar-refractivity contribution in [1.82, 2.24) is 0 Å². The zero-order chi connectivity index (χ0) is 41.4. The molecule has 0 saturated heterocycles. The Bertz CT molecular complexity index is 969. The quantitative estimate of drug-likeness (QED) is 0.0213. The molecule has 0 aliphatic heterocycles. The molecule has 0 aliphatic carbocycles. The topological polar surface area (TPSA) is 108 Å². The lowest BCUT2D eigenvalue weighted by atomic mass is 10.0. The second-order valence-electron chi connectivity index (χ2n) is 17.1. The summed E-state index contributed by atoms with van der Waals surface area (Å²) in [7, 11) is 1.48. The second-order valence-corrected chi connectivity index (χ2v) is 18.6. The first-order valence-corrected chi connectivity index (χ1v) is 24.9. The lowest BCUT2D eigenvalue weighted by Gasteiger charge is -2.24. The van der Waals surface area contributed by atoms with Gasteiger partial charge in [0.05, 0.1) is 27.7 Å². The highest BCUT2D eigenvalue weighted by Crippen LogP contribution is 2.43. The highest BCUT2D eigenvalue weighted by molar-refractivity contribution is 7.47.